The van der Waals surface area contributed by atoms with E-state index in [4.69, 9.17) is 27.9 Å². The van der Waals surface area contributed by atoms with Crippen LogP contribution in [0.2, 0.25) is 10.0 Å². The third kappa shape index (κ3) is 3.64. The number of fused-ring (bicyclic) bond motifs is 1. The van der Waals surface area contributed by atoms with Gasteiger partial charge in [0, 0.05) is 5.56 Å². The number of hydrogen-bond acceptors (Lipinski definition) is 3. The van der Waals surface area contributed by atoms with Crippen molar-refractivity contribution in [2.24, 2.45) is 0 Å². The molecule has 0 radical (unpaired) electrons. The SMILES string of the molecule is Clc1ccc(COc2ccc(-c3cnc4ccccc4n3)cc2)cc1Cl. The molecule has 0 atom stereocenters. The van der Waals surface area contributed by atoms with Crippen molar-refractivity contribution in [2.75, 3.05) is 0 Å². The maximum absolute atomic E-state index is 6.03. The van der Waals surface area contributed by atoms with Gasteiger partial charge in [-0.25, -0.2) is 4.98 Å². The Morgan fingerprint density at radius 2 is 1.58 bits per heavy atom. The fourth-order valence-electron chi connectivity index (χ4n) is 2.61. The number of nitrogens with zero attached hydrogens (tertiary/aromatic N) is 2. The largest absolute Gasteiger partial charge is 0.489 e. The third-order valence-electron chi connectivity index (χ3n) is 3.99. The maximum atomic E-state index is 6.03. The molecule has 5 heteroatoms. The van der Waals surface area contributed by atoms with Gasteiger partial charge in [0.15, 0.2) is 0 Å². The highest BCUT2D eigenvalue weighted by atomic mass is 35.5. The molecule has 0 spiro atoms. The van der Waals surface area contributed by atoms with Crippen molar-refractivity contribution in [1.82, 2.24) is 9.97 Å². The fraction of sp³-hybridized carbons (Fsp3) is 0.0476. The molecule has 26 heavy (non-hydrogen) atoms. The summed E-state index contributed by atoms with van der Waals surface area (Å²) in [7, 11) is 0. The predicted molar refractivity (Wildman–Crippen MR) is 106 cm³/mol. The molecule has 0 saturated carbocycles. The highest BCUT2D eigenvalue weighted by Gasteiger charge is 2.04. The molecule has 0 unspecified atom stereocenters. The minimum absolute atomic E-state index is 0.423. The van der Waals surface area contributed by atoms with Crippen LogP contribution < -0.4 is 4.74 Å². The van der Waals surface area contributed by atoms with Gasteiger partial charge < -0.3 is 4.74 Å². The lowest BCUT2D eigenvalue weighted by Gasteiger charge is -2.08. The summed E-state index contributed by atoms with van der Waals surface area (Å²) < 4.78 is 5.81. The zero-order valence-electron chi connectivity index (χ0n) is 13.7. The molecule has 0 amide bonds. The molecule has 0 saturated heterocycles. The standard InChI is InChI=1S/C21H14Cl2N2O/c22-17-10-5-14(11-18(17)23)13-26-16-8-6-15(7-9-16)21-12-24-19-3-1-2-4-20(19)25-21/h1-12H,13H2. The van der Waals surface area contributed by atoms with E-state index < -0.39 is 0 Å². The normalized spacial score (nSPS) is 10.8. The summed E-state index contributed by atoms with van der Waals surface area (Å²) in [6, 6.07) is 21.1. The lowest BCUT2D eigenvalue weighted by Crippen LogP contribution is -1.95. The van der Waals surface area contributed by atoms with Crippen LogP contribution in [0.5, 0.6) is 5.75 Å². The Morgan fingerprint density at radius 1 is 0.808 bits per heavy atom. The molecule has 1 heterocycles. The van der Waals surface area contributed by atoms with Crippen molar-refractivity contribution in [3.05, 3.63) is 88.5 Å². The summed E-state index contributed by atoms with van der Waals surface area (Å²) in [4.78, 5) is 9.11. The van der Waals surface area contributed by atoms with Crippen LogP contribution in [0.25, 0.3) is 22.3 Å². The van der Waals surface area contributed by atoms with Crippen molar-refractivity contribution in [3.63, 3.8) is 0 Å². The first-order valence-corrected chi connectivity index (χ1v) is 8.83. The Balaban J connectivity index is 1.49. The van der Waals surface area contributed by atoms with E-state index in [1.54, 1.807) is 12.3 Å². The lowest BCUT2D eigenvalue weighted by molar-refractivity contribution is 0.306. The van der Waals surface area contributed by atoms with Gasteiger partial charge in [-0.15, -0.1) is 0 Å². The molecule has 4 rings (SSSR count). The van der Waals surface area contributed by atoms with E-state index in [1.165, 1.54) is 0 Å². The molecule has 0 N–H and O–H groups in total. The molecule has 3 aromatic carbocycles. The summed E-state index contributed by atoms with van der Waals surface area (Å²) in [5, 5.41) is 1.06. The summed E-state index contributed by atoms with van der Waals surface area (Å²) in [6.07, 6.45) is 1.79. The average molecular weight is 381 g/mol. The summed E-state index contributed by atoms with van der Waals surface area (Å²) >= 11 is 12.0. The van der Waals surface area contributed by atoms with E-state index in [9.17, 15) is 0 Å². The Morgan fingerprint density at radius 3 is 2.35 bits per heavy atom. The van der Waals surface area contributed by atoms with Crippen LogP contribution in [0.4, 0.5) is 0 Å². The second kappa shape index (κ2) is 7.32. The number of para-hydroxylation sites is 2. The number of halogens is 2. The van der Waals surface area contributed by atoms with Crippen LogP contribution in [-0.4, -0.2) is 9.97 Å². The van der Waals surface area contributed by atoms with Gasteiger partial charge in [-0.1, -0.05) is 41.4 Å². The zero-order chi connectivity index (χ0) is 17.9. The number of hydrogen-bond donors (Lipinski definition) is 0. The monoisotopic (exact) mass is 380 g/mol. The lowest BCUT2D eigenvalue weighted by atomic mass is 10.1. The summed E-state index contributed by atoms with van der Waals surface area (Å²) in [5.74, 6) is 0.772. The van der Waals surface area contributed by atoms with Crippen molar-refractivity contribution in [3.8, 4) is 17.0 Å². The minimum Gasteiger partial charge on any atom is -0.489 e. The molecule has 4 aromatic rings. The Kier molecular flexibility index (Phi) is 4.74. The highest BCUT2D eigenvalue weighted by molar-refractivity contribution is 6.42. The minimum atomic E-state index is 0.423. The van der Waals surface area contributed by atoms with Gasteiger partial charge in [0.05, 0.1) is 33.0 Å². The Bertz CT molecular complexity index is 1070. The second-order valence-electron chi connectivity index (χ2n) is 5.81. The first kappa shape index (κ1) is 16.8. The molecule has 0 fully saturated rings. The predicted octanol–water partition coefficient (Wildman–Crippen LogP) is 6.18. The van der Waals surface area contributed by atoms with E-state index >= 15 is 0 Å². The van der Waals surface area contributed by atoms with Gasteiger partial charge in [-0.3, -0.25) is 4.98 Å². The number of rotatable bonds is 4. The first-order chi connectivity index (χ1) is 12.7. The Hall–Kier alpha value is -2.62. The summed E-state index contributed by atoms with van der Waals surface area (Å²) in [5.41, 5.74) is 4.55. The van der Waals surface area contributed by atoms with Gasteiger partial charge in [-0.05, 0) is 54.1 Å². The zero-order valence-corrected chi connectivity index (χ0v) is 15.2. The van der Waals surface area contributed by atoms with Crippen LogP contribution in [-0.2, 0) is 6.61 Å². The third-order valence-corrected chi connectivity index (χ3v) is 4.73. The van der Waals surface area contributed by atoms with E-state index in [-0.39, 0.29) is 0 Å². The number of benzene rings is 3. The van der Waals surface area contributed by atoms with Gasteiger partial charge in [0.1, 0.15) is 12.4 Å². The van der Waals surface area contributed by atoms with E-state index in [1.807, 2.05) is 60.7 Å². The van der Waals surface area contributed by atoms with Crippen LogP contribution in [0.15, 0.2) is 72.9 Å². The van der Waals surface area contributed by atoms with Gasteiger partial charge in [0.2, 0.25) is 0 Å². The van der Waals surface area contributed by atoms with Crippen molar-refractivity contribution < 1.29 is 4.74 Å². The molecule has 0 aliphatic heterocycles. The molecule has 0 bridgehead atoms. The number of aromatic nitrogens is 2. The van der Waals surface area contributed by atoms with Gasteiger partial charge in [0.25, 0.3) is 0 Å². The summed E-state index contributed by atoms with van der Waals surface area (Å²) in [6.45, 7) is 0.423. The fourth-order valence-corrected chi connectivity index (χ4v) is 2.93. The second-order valence-corrected chi connectivity index (χ2v) is 6.62. The molecule has 1 aromatic heterocycles. The average Bonchev–Trinajstić information content (AvgIpc) is 2.69. The smallest absolute Gasteiger partial charge is 0.119 e. The quantitative estimate of drug-likeness (QED) is 0.423. The maximum Gasteiger partial charge on any atom is 0.119 e. The molecular formula is C21H14Cl2N2O. The van der Waals surface area contributed by atoms with Crippen molar-refractivity contribution in [2.45, 2.75) is 6.61 Å². The molecule has 0 aliphatic carbocycles. The van der Waals surface area contributed by atoms with Gasteiger partial charge >= 0.3 is 0 Å². The van der Waals surface area contributed by atoms with Crippen LogP contribution in [0.1, 0.15) is 5.56 Å². The Labute approximate surface area is 161 Å². The van der Waals surface area contributed by atoms with Gasteiger partial charge in [-0.2, -0.15) is 0 Å². The number of ether oxygens (including phenoxy) is 1. The van der Waals surface area contributed by atoms with Crippen LogP contribution in [0, 0.1) is 0 Å². The molecular weight excluding hydrogens is 367 g/mol. The van der Waals surface area contributed by atoms with E-state index in [0.29, 0.717) is 16.7 Å². The molecule has 128 valence electrons. The topological polar surface area (TPSA) is 35.0 Å². The van der Waals surface area contributed by atoms with E-state index in [2.05, 4.69) is 9.97 Å². The highest BCUT2D eigenvalue weighted by Crippen LogP contribution is 2.25. The van der Waals surface area contributed by atoms with Crippen LogP contribution >= 0.6 is 23.2 Å². The van der Waals surface area contributed by atoms with E-state index in [0.717, 1.165) is 33.6 Å². The van der Waals surface area contributed by atoms with Crippen LogP contribution in [0.3, 0.4) is 0 Å². The molecule has 3 nitrogen and oxygen atoms in total. The van der Waals surface area contributed by atoms with Crippen molar-refractivity contribution >= 4 is 34.2 Å². The molecule has 0 aliphatic rings. The van der Waals surface area contributed by atoms with Crippen molar-refractivity contribution in [1.29, 1.82) is 0 Å². The first-order valence-electron chi connectivity index (χ1n) is 8.08.